The van der Waals surface area contributed by atoms with Gasteiger partial charge in [-0.2, -0.15) is 0 Å². The molecule has 84 valence electrons. The topological polar surface area (TPSA) is 45.7 Å². The van der Waals surface area contributed by atoms with Crippen molar-refractivity contribution in [1.82, 2.24) is 0 Å². The van der Waals surface area contributed by atoms with Crippen molar-refractivity contribution in [2.75, 3.05) is 6.54 Å². The number of nitrogens with zero attached hydrogens (tertiary/aromatic N) is 1. The summed E-state index contributed by atoms with van der Waals surface area (Å²) in [5.41, 5.74) is 2.87. The smallest absolute Gasteiger partial charge is 0.131 e. The summed E-state index contributed by atoms with van der Waals surface area (Å²) in [6.45, 7) is 0.624. The van der Waals surface area contributed by atoms with E-state index >= 15 is 0 Å². The molecule has 0 radical (unpaired) electrons. The molecular formula is C14H11NO2. The highest BCUT2D eigenvalue weighted by Gasteiger charge is 2.13. The minimum absolute atomic E-state index is 0.255. The first-order valence-corrected chi connectivity index (χ1v) is 5.41. The molecule has 0 fully saturated rings. The molecule has 0 unspecified atom stereocenters. The van der Waals surface area contributed by atoms with E-state index < -0.39 is 0 Å². The summed E-state index contributed by atoms with van der Waals surface area (Å²) < 4.78 is 5.33. The number of benzene rings is 1. The van der Waals surface area contributed by atoms with Gasteiger partial charge in [0.25, 0.3) is 0 Å². The predicted molar refractivity (Wildman–Crippen MR) is 66.2 cm³/mol. The number of allylic oxidation sites excluding steroid dienone is 1. The van der Waals surface area contributed by atoms with E-state index in [1.807, 2.05) is 30.3 Å². The number of phenolic OH excluding ortho intramolecular Hbond substituents is 1. The zero-order chi connectivity index (χ0) is 11.7. The first kappa shape index (κ1) is 9.90. The van der Waals surface area contributed by atoms with E-state index in [9.17, 15) is 5.11 Å². The lowest BCUT2D eigenvalue weighted by Crippen LogP contribution is -1.92. The summed E-state index contributed by atoms with van der Waals surface area (Å²) in [7, 11) is 0. The molecular weight excluding hydrogens is 214 g/mol. The maximum absolute atomic E-state index is 9.43. The standard InChI is InChI=1S/C14H11NO2/c16-12-4-1-3-10(7-12)13-8-11(9-15-13)14-5-2-6-17-14/h1-8,16H,9H2. The predicted octanol–water partition coefficient (Wildman–Crippen LogP) is 2.87. The lowest BCUT2D eigenvalue weighted by molar-refractivity contribution is 0.475. The molecule has 1 aliphatic rings. The van der Waals surface area contributed by atoms with Gasteiger partial charge >= 0.3 is 0 Å². The lowest BCUT2D eigenvalue weighted by atomic mass is 10.1. The zero-order valence-electron chi connectivity index (χ0n) is 9.13. The van der Waals surface area contributed by atoms with Crippen molar-refractivity contribution < 1.29 is 9.52 Å². The van der Waals surface area contributed by atoms with Crippen LogP contribution < -0.4 is 0 Å². The SMILES string of the molecule is Oc1cccc(C2=NCC(c3ccco3)=C2)c1. The largest absolute Gasteiger partial charge is 0.508 e. The number of furan rings is 1. The van der Waals surface area contributed by atoms with E-state index in [1.54, 1.807) is 18.4 Å². The number of aliphatic imine (C=N–C) groups is 1. The second-order valence-electron chi connectivity index (χ2n) is 3.90. The van der Waals surface area contributed by atoms with Gasteiger partial charge in [-0.05, 0) is 30.3 Å². The normalized spacial score (nSPS) is 14.6. The quantitative estimate of drug-likeness (QED) is 0.854. The van der Waals surface area contributed by atoms with Gasteiger partial charge in [0.2, 0.25) is 0 Å². The van der Waals surface area contributed by atoms with Crippen LogP contribution in [0.4, 0.5) is 0 Å². The van der Waals surface area contributed by atoms with E-state index in [1.165, 1.54) is 0 Å². The van der Waals surface area contributed by atoms with Crippen molar-refractivity contribution in [2.45, 2.75) is 0 Å². The summed E-state index contributed by atoms with van der Waals surface area (Å²) in [6.07, 6.45) is 3.65. The third-order valence-electron chi connectivity index (χ3n) is 2.71. The second kappa shape index (κ2) is 3.94. The van der Waals surface area contributed by atoms with Crippen LogP contribution in [-0.2, 0) is 0 Å². The molecule has 0 saturated carbocycles. The Bertz CT molecular complexity index is 594. The van der Waals surface area contributed by atoms with E-state index in [2.05, 4.69) is 4.99 Å². The van der Waals surface area contributed by atoms with E-state index in [0.717, 1.165) is 22.6 Å². The van der Waals surface area contributed by atoms with E-state index in [-0.39, 0.29) is 5.75 Å². The van der Waals surface area contributed by atoms with Crippen LogP contribution in [0.3, 0.4) is 0 Å². The Morgan fingerprint density at radius 1 is 1.18 bits per heavy atom. The summed E-state index contributed by atoms with van der Waals surface area (Å²) in [4.78, 5) is 4.44. The minimum atomic E-state index is 0.255. The van der Waals surface area contributed by atoms with Gasteiger partial charge in [0, 0.05) is 11.1 Å². The molecule has 3 heteroatoms. The molecule has 2 aromatic rings. The average Bonchev–Trinajstić information content (AvgIpc) is 3.00. The van der Waals surface area contributed by atoms with Gasteiger partial charge in [-0.1, -0.05) is 12.1 Å². The van der Waals surface area contributed by atoms with Gasteiger partial charge in [-0.3, -0.25) is 4.99 Å². The maximum atomic E-state index is 9.43. The molecule has 3 rings (SSSR count). The monoisotopic (exact) mass is 225 g/mol. The van der Waals surface area contributed by atoms with Crippen LogP contribution in [0.15, 0.2) is 58.1 Å². The number of rotatable bonds is 2. The van der Waals surface area contributed by atoms with Crippen molar-refractivity contribution >= 4 is 11.3 Å². The first-order chi connectivity index (χ1) is 8.33. The molecule has 0 aliphatic carbocycles. The van der Waals surface area contributed by atoms with E-state index in [4.69, 9.17) is 4.42 Å². The van der Waals surface area contributed by atoms with Gasteiger partial charge in [0.05, 0.1) is 18.5 Å². The number of hydrogen-bond donors (Lipinski definition) is 1. The Labute approximate surface area is 98.7 Å². The van der Waals surface area contributed by atoms with Crippen molar-refractivity contribution in [3.63, 3.8) is 0 Å². The molecule has 17 heavy (non-hydrogen) atoms. The molecule has 0 amide bonds. The Morgan fingerprint density at radius 3 is 2.88 bits per heavy atom. The fraction of sp³-hybridized carbons (Fsp3) is 0.0714. The molecule has 0 saturated heterocycles. The highest BCUT2D eigenvalue weighted by atomic mass is 16.3. The van der Waals surface area contributed by atoms with Crippen molar-refractivity contribution in [2.24, 2.45) is 4.99 Å². The molecule has 0 spiro atoms. The summed E-state index contributed by atoms with van der Waals surface area (Å²) in [5.74, 6) is 1.11. The van der Waals surface area contributed by atoms with Crippen LogP contribution in [-0.4, -0.2) is 17.4 Å². The van der Waals surface area contributed by atoms with Crippen molar-refractivity contribution in [1.29, 1.82) is 0 Å². The molecule has 0 atom stereocenters. The van der Waals surface area contributed by atoms with Crippen molar-refractivity contribution in [3.8, 4) is 5.75 Å². The zero-order valence-corrected chi connectivity index (χ0v) is 9.13. The lowest BCUT2D eigenvalue weighted by Gasteiger charge is -1.98. The minimum Gasteiger partial charge on any atom is -0.508 e. The first-order valence-electron chi connectivity index (χ1n) is 5.41. The Balaban J connectivity index is 1.92. The highest BCUT2D eigenvalue weighted by Crippen LogP contribution is 2.23. The fourth-order valence-corrected chi connectivity index (χ4v) is 1.88. The molecule has 0 bridgehead atoms. The van der Waals surface area contributed by atoms with Gasteiger partial charge in [-0.25, -0.2) is 0 Å². The molecule has 1 aromatic heterocycles. The van der Waals surface area contributed by atoms with Crippen LogP contribution in [0, 0.1) is 0 Å². The number of phenols is 1. The summed E-state index contributed by atoms with van der Waals surface area (Å²) >= 11 is 0. The fourth-order valence-electron chi connectivity index (χ4n) is 1.88. The molecule has 3 nitrogen and oxygen atoms in total. The summed E-state index contributed by atoms with van der Waals surface area (Å²) in [5, 5.41) is 9.43. The Morgan fingerprint density at radius 2 is 2.12 bits per heavy atom. The van der Waals surface area contributed by atoms with Crippen LogP contribution in [0.5, 0.6) is 5.75 Å². The average molecular weight is 225 g/mol. The molecule has 2 heterocycles. The van der Waals surface area contributed by atoms with Gasteiger partial charge in [0.15, 0.2) is 0 Å². The third-order valence-corrected chi connectivity index (χ3v) is 2.71. The highest BCUT2D eigenvalue weighted by molar-refractivity contribution is 6.14. The molecule has 1 aliphatic heterocycles. The van der Waals surface area contributed by atoms with E-state index in [0.29, 0.717) is 6.54 Å². The van der Waals surface area contributed by atoms with Gasteiger partial charge in [0.1, 0.15) is 11.5 Å². The van der Waals surface area contributed by atoms with Crippen LogP contribution >= 0.6 is 0 Å². The van der Waals surface area contributed by atoms with Gasteiger partial charge in [-0.15, -0.1) is 0 Å². The molecule has 1 N–H and O–H groups in total. The van der Waals surface area contributed by atoms with Crippen molar-refractivity contribution in [3.05, 3.63) is 60.1 Å². The second-order valence-corrected chi connectivity index (χ2v) is 3.90. The molecule has 1 aromatic carbocycles. The Kier molecular flexibility index (Phi) is 2.29. The van der Waals surface area contributed by atoms with Crippen LogP contribution in [0.2, 0.25) is 0 Å². The van der Waals surface area contributed by atoms with Gasteiger partial charge < -0.3 is 9.52 Å². The maximum Gasteiger partial charge on any atom is 0.131 e. The van der Waals surface area contributed by atoms with Crippen LogP contribution in [0.25, 0.3) is 5.57 Å². The Hall–Kier alpha value is -2.29. The third kappa shape index (κ3) is 1.87. The number of aromatic hydroxyl groups is 1. The number of hydrogen-bond acceptors (Lipinski definition) is 3. The van der Waals surface area contributed by atoms with Crippen LogP contribution in [0.1, 0.15) is 11.3 Å². The summed E-state index contributed by atoms with van der Waals surface area (Å²) in [6, 6.07) is 10.9.